The SMILES string of the molecule is Cc1ccc(S(=O)(=O)N2CCN(CC(=O)Nc3ccccc3C(=O)Nc3ccccc3)CC2)c(C)c1. The summed E-state index contributed by atoms with van der Waals surface area (Å²) >= 11 is 0. The average Bonchev–Trinajstić information content (AvgIpc) is 2.85. The molecule has 1 aliphatic heterocycles. The number of sulfonamides is 1. The Balaban J connectivity index is 1.34. The smallest absolute Gasteiger partial charge is 0.257 e. The van der Waals surface area contributed by atoms with Crippen LogP contribution in [-0.2, 0) is 14.8 Å². The summed E-state index contributed by atoms with van der Waals surface area (Å²) < 4.78 is 27.7. The maximum absolute atomic E-state index is 13.1. The number of nitrogens with zero attached hydrogens (tertiary/aromatic N) is 2. The van der Waals surface area contributed by atoms with E-state index in [0.717, 1.165) is 11.1 Å². The van der Waals surface area contributed by atoms with Gasteiger partial charge in [-0.15, -0.1) is 0 Å². The highest BCUT2D eigenvalue weighted by Gasteiger charge is 2.30. The molecule has 2 amide bonds. The number of piperazine rings is 1. The zero-order chi connectivity index (χ0) is 25.7. The Morgan fingerprint density at radius 3 is 2.19 bits per heavy atom. The number of nitrogens with one attached hydrogen (secondary N) is 2. The van der Waals surface area contributed by atoms with Crippen molar-refractivity contribution in [3.8, 4) is 0 Å². The number of hydrogen-bond donors (Lipinski definition) is 2. The molecular formula is C27H30N4O4S. The van der Waals surface area contributed by atoms with E-state index < -0.39 is 10.0 Å². The van der Waals surface area contributed by atoms with Crippen LogP contribution >= 0.6 is 0 Å². The molecule has 0 unspecified atom stereocenters. The number of benzene rings is 3. The molecule has 0 bridgehead atoms. The Labute approximate surface area is 212 Å². The van der Waals surface area contributed by atoms with Gasteiger partial charge in [0, 0.05) is 31.9 Å². The van der Waals surface area contributed by atoms with Crippen LogP contribution in [0.2, 0.25) is 0 Å². The molecular weight excluding hydrogens is 476 g/mol. The van der Waals surface area contributed by atoms with Crippen LogP contribution in [0, 0.1) is 13.8 Å². The predicted octanol–water partition coefficient (Wildman–Crippen LogP) is 3.50. The van der Waals surface area contributed by atoms with Gasteiger partial charge in [-0.1, -0.05) is 48.0 Å². The highest BCUT2D eigenvalue weighted by Crippen LogP contribution is 2.22. The summed E-state index contributed by atoms with van der Waals surface area (Å²) in [5.74, 6) is -0.581. The van der Waals surface area contributed by atoms with Gasteiger partial charge in [0.25, 0.3) is 5.91 Å². The Morgan fingerprint density at radius 1 is 0.833 bits per heavy atom. The summed E-state index contributed by atoms with van der Waals surface area (Å²) in [5, 5.41) is 5.66. The first-order valence-corrected chi connectivity index (χ1v) is 13.2. The number of aryl methyl sites for hydroxylation is 2. The van der Waals surface area contributed by atoms with E-state index in [1.807, 2.05) is 36.1 Å². The lowest BCUT2D eigenvalue weighted by Crippen LogP contribution is -2.50. The van der Waals surface area contributed by atoms with Gasteiger partial charge in [-0.3, -0.25) is 14.5 Å². The minimum atomic E-state index is -3.59. The highest BCUT2D eigenvalue weighted by molar-refractivity contribution is 7.89. The number of carbonyl (C=O) groups excluding carboxylic acids is 2. The van der Waals surface area contributed by atoms with Gasteiger partial charge < -0.3 is 10.6 Å². The minimum Gasteiger partial charge on any atom is -0.324 e. The van der Waals surface area contributed by atoms with Crippen molar-refractivity contribution in [2.24, 2.45) is 0 Å². The highest BCUT2D eigenvalue weighted by atomic mass is 32.2. The molecule has 2 N–H and O–H groups in total. The number of hydrogen-bond acceptors (Lipinski definition) is 5. The molecule has 3 aromatic carbocycles. The van der Waals surface area contributed by atoms with Crippen molar-refractivity contribution in [3.63, 3.8) is 0 Å². The number of amides is 2. The van der Waals surface area contributed by atoms with Crippen LogP contribution in [0.15, 0.2) is 77.7 Å². The fraction of sp³-hybridized carbons (Fsp3) is 0.259. The fourth-order valence-electron chi connectivity index (χ4n) is 4.26. The van der Waals surface area contributed by atoms with Gasteiger partial charge in [-0.2, -0.15) is 4.31 Å². The summed E-state index contributed by atoms with van der Waals surface area (Å²) in [5.41, 5.74) is 3.19. The standard InChI is InChI=1S/C27H30N4O4S/c1-20-12-13-25(21(2)18-20)36(34,35)31-16-14-30(15-17-31)19-26(32)29-24-11-7-6-10-23(24)27(33)28-22-8-4-3-5-9-22/h3-13,18H,14-17,19H2,1-2H3,(H,28,33)(H,29,32). The number of rotatable bonds is 7. The topological polar surface area (TPSA) is 98.8 Å². The Kier molecular flexibility index (Phi) is 7.83. The molecule has 8 nitrogen and oxygen atoms in total. The first-order chi connectivity index (χ1) is 17.2. The average molecular weight is 507 g/mol. The quantitative estimate of drug-likeness (QED) is 0.511. The molecule has 1 fully saturated rings. The molecule has 188 valence electrons. The second-order valence-corrected chi connectivity index (χ2v) is 10.8. The van der Waals surface area contributed by atoms with Crippen molar-refractivity contribution >= 4 is 33.2 Å². The van der Waals surface area contributed by atoms with Gasteiger partial charge in [0.2, 0.25) is 15.9 Å². The summed E-state index contributed by atoms with van der Waals surface area (Å²) in [6.45, 7) is 5.32. The predicted molar refractivity (Wildman–Crippen MR) is 141 cm³/mol. The third-order valence-electron chi connectivity index (χ3n) is 6.12. The van der Waals surface area contributed by atoms with Crippen molar-refractivity contribution in [1.29, 1.82) is 0 Å². The van der Waals surface area contributed by atoms with Crippen molar-refractivity contribution in [2.45, 2.75) is 18.7 Å². The summed E-state index contributed by atoms with van der Waals surface area (Å²) in [4.78, 5) is 27.8. The van der Waals surface area contributed by atoms with Gasteiger partial charge in [0.15, 0.2) is 0 Å². The lowest BCUT2D eigenvalue weighted by molar-refractivity contribution is -0.117. The Morgan fingerprint density at radius 2 is 1.50 bits per heavy atom. The van der Waals surface area contributed by atoms with Crippen molar-refractivity contribution in [3.05, 3.63) is 89.5 Å². The maximum atomic E-state index is 13.1. The van der Waals surface area contributed by atoms with Gasteiger partial charge in [-0.25, -0.2) is 8.42 Å². The van der Waals surface area contributed by atoms with Gasteiger partial charge in [0.1, 0.15) is 0 Å². The molecule has 0 aromatic heterocycles. The monoisotopic (exact) mass is 506 g/mol. The molecule has 36 heavy (non-hydrogen) atoms. The van der Waals surface area contributed by atoms with Crippen LogP contribution in [0.4, 0.5) is 11.4 Å². The molecule has 1 saturated heterocycles. The van der Waals surface area contributed by atoms with Gasteiger partial charge in [0.05, 0.1) is 22.7 Å². The lowest BCUT2D eigenvalue weighted by Gasteiger charge is -2.33. The number of carbonyl (C=O) groups is 2. The second-order valence-electron chi connectivity index (χ2n) is 8.86. The Hall–Kier alpha value is -3.53. The lowest BCUT2D eigenvalue weighted by atomic mass is 10.1. The van der Waals surface area contributed by atoms with E-state index in [4.69, 9.17) is 0 Å². The summed E-state index contributed by atoms with van der Waals surface area (Å²) in [7, 11) is -3.59. The maximum Gasteiger partial charge on any atom is 0.257 e. The first kappa shape index (κ1) is 25.6. The van der Waals surface area contributed by atoms with E-state index >= 15 is 0 Å². The van der Waals surface area contributed by atoms with Gasteiger partial charge >= 0.3 is 0 Å². The van der Waals surface area contributed by atoms with Crippen molar-refractivity contribution in [1.82, 2.24) is 9.21 Å². The molecule has 0 spiro atoms. The molecule has 0 saturated carbocycles. The van der Waals surface area contributed by atoms with E-state index in [1.54, 1.807) is 55.5 Å². The van der Waals surface area contributed by atoms with Crippen molar-refractivity contribution < 1.29 is 18.0 Å². The van der Waals surface area contributed by atoms with Crippen molar-refractivity contribution in [2.75, 3.05) is 43.4 Å². The normalized spacial score (nSPS) is 14.8. The fourth-order valence-corrected chi connectivity index (χ4v) is 5.89. The van der Waals surface area contributed by atoms with E-state index in [-0.39, 0.29) is 18.4 Å². The third-order valence-corrected chi connectivity index (χ3v) is 8.18. The molecule has 9 heteroatoms. The molecule has 4 rings (SSSR count). The van der Waals surface area contributed by atoms with E-state index in [2.05, 4.69) is 10.6 Å². The van der Waals surface area contributed by atoms with Crippen LogP contribution < -0.4 is 10.6 Å². The summed E-state index contributed by atoms with van der Waals surface area (Å²) in [6, 6.07) is 21.3. The molecule has 3 aromatic rings. The third kappa shape index (κ3) is 5.99. The van der Waals surface area contributed by atoms with Crippen LogP contribution in [0.25, 0.3) is 0 Å². The van der Waals surface area contributed by atoms with E-state index in [0.29, 0.717) is 48.0 Å². The number of para-hydroxylation sites is 2. The van der Waals surface area contributed by atoms with Crippen LogP contribution in [-0.4, -0.2) is 62.2 Å². The molecule has 0 aliphatic carbocycles. The summed E-state index contributed by atoms with van der Waals surface area (Å²) in [6.07, 6.45) is 0. The van der Waals surface area contributed by atoms with Gasteiger partial charge in [-0.05, 0) is 49.7 Å². The van der Waals surface area contributed by atoms with Crippen LogP contribution in [0.1, 0.15) is 21.5 Å². The molecule has 1 aliphatic rings. The Bertz CT molecular complexity index is 1350. The largest absolute Gasteiger partial charge is 0.324 e. The van der Waals surface area contributed by atoms with E-state index in [1.165, 1.54) is 4.31 Å². The number of anilines is 2. The van der Waals surface area contributed by atoms with E-state index in [9.17, 15) is 18.0 Å². The van der Waals surface area contributed by atoms with Crippen LogP contribution in [0.5, 0.6) is 0 Å². The van der Waals surface area contributed by atoms with Crippen LogP contribution in [0.3, 0.4) is 0 Å². The minimum absolute atomic E-state index is 0.103. The zero-order valence-electron chi connectivity index (χ0n) is 20.4. The molecule has 0 atom stereocenters. The first-order valence-electron chi connectivity index (χ1n) is 11.8. The second kappa shape index (κ2) is 11.0. The zero-order valence-corrected chi connectivity index (χ0v) is 21.2. The molecule has 1 heterocycles. The molecule has 0 radical (unpaired) electrons.